The third kappa shape index (κ3) is 1.17. The van der Waals surface area contributed by atoms with Crippen LogP contribution in [0, 0.1) is 0 Å². The van der Waals surface area contributed by atoms with Crippen molar-refractivity contribution in [2.24, 2.45) is 0 Å². The lowest BCUT2D eigenvalue weighted by Gasteiger charge is -2.12. The highest BCUT2D eigenvalue weighted by Crippen LogP contribution is 2.54. The summed E-state index contributed by atoms with van der Waals surface area (Å²) >= 11 is 1.87. The van der Waals surface area contributed by atoms with E-state index >= 15 is 0 Å². The Hall–Kier alpha value is 0.200. The number of thioether (sulfide) groups is 1. The van der Waals surface area contributed by atoms with Crippen molar-refractivity contribution in [2.45, 2.75) is 6.92 Å². The van der Waals surface area contributed by atoms with Crippen LogP contribution in [-0.2, 0) is 0 Å². The van der Waals surface area contributed by atoms with Gasteiger partial charge < -0.3 is 4.31 Å². The van der Waals surface area contributed by atoms with Crippen molar-refractivity contribution in [1.29, 1.82) is 0 Å². The summed E-state index contributed by atoms with van der Waals surface area (Å²) in [6.45, 7) is 2.23. The average molecular weight is 217 g/mol. The summed E-state index contributed by atoms with van der Waals surface area (Å²) in [5, 5.41) is 0. The molecule has 0 aromatic heterocycles. The normalized spacial score (nSPS) is 27.4. The Morgan fingerprint density at radius 1 is 1.58 bits per heavy atom. The molecule has 0 aromatic rings. The van der Waals surface area contributed by atoms with Crippen molar-refractivity contribution < 1.29 is 0 Å². The van der Waals surface area contributed by atoms with E-state index in [1.807, 2.05) is 22.6 Å². The molecule has 1 atom stereocenters. The van der Waals surface area contributed by atoms with Gasteiger partial charge in [-0.3, -0.25) is 0 Å². The van der Waals surface area contributed by atoms with Crippen molar-refractivity contribution in [1.82, 2.24) is 4.31 Å². The van der Waals surface area contributed by atoms with E-state index in [0.717, 1.165) is 0 Å². The molecule has 1 nitrogen and oxygen atoms in total. The standard InChI is InChI=1S/C8H11NS3/c1-6-7-4-5-9(2)12(7)11-8(6)10-3/h4-5H,1-3H3. The number of allylic oxidation sites excluding steroid dienone is 2. The van der Waals surface area contributed by atoms with Gasteiger partial charge >= 0.3 is 0 Å². The fourth-order valence-electron chi connectivity index (χ4n) is 1.22. The van der Waals surface area contributed by atoms with Crippen molar-refractivity contribution >= 4 is 37.1 Å². The van der Waals surface area contributed by atoms with Crippen LogP contribution in [0.25, 0.3) is 0 Å². The smallest absolute Gasteiger partial charge is 0.0560 e. The van der Waals surface area contributed by atoms with Crippen LogP contribution in [0.15, 0.2) is 22.1 Å². The molecule has 2 aliphatic rings. The Bertz CT molecular complexity index is 314. The summed E-state index contributed by atoms with van der Waals surface area (Å²) in [6.07, 6.45) is 6.57. The molecule has 4 heteroatoms. The van der Waals surface area contributed by atoms with Gasteiger partial charge in [0.1, 0.15) is 0 Å². The maximum absolute atomic E-state index is 2.30. The van der Waals surface area contributed by atoms with Gasteiger partial charge in [0.25, 0.3) is 0 Å². The highest BCUT2D eigenvalue weighted by atomic mass is 33.1. The van der Waals surface area contributed by atoms with Gasteiger partial charge in [-0.1, -0.05) is 0 Å². The van der Waals surface area contributed by atoms with Gasteiger partial charge in [-0.15, -0.1) is 11.8 Å². The lowest BCUT2D eigenvalue weighted by atomic mass is 10.2. The van der Waals surface area contributed by atoms with Crippen LogP contribution in [0.1, 0.15) is 6.92 Å². The van der Waals surface area contributed by atoms with E-state index < -0.39 is 0 Å². The van der Waals surface area contributed by atoms with Crippen LogP contribution < -0.4 is 0 Å². The first-order valence-corrected chi connectivity index (χ1v) is 7.44. The largest absolute Gasteiger partial charge is 0.323 e. The molecule has 0 bridgehead atoms. The van der Waals surface area contributed by atoms with E-state index in [-0.39, 0.29) is 9.70 Å². The van der Waals surface area contributed by atoms with E-state index in [1.165, 1.54) is 14.7 Å². The SMILES string of the molecule is CSC1=C(C)C2=S(S1)N(C)C=C2. The first-order valence-electron chi connectivity index (χ1n) is 3.70. The molecule has 2 aliphatic heterocycles. The zero-order valence-electron chi connectivity index (χ0n) is 7.33. The first-order chi connectivity index (χ1) is 5.74. The van der Waals surface area contributed by atoms with Crippen molar-refractivity contribution in [3.05, 3.63) is 22.1 Å². The molecule has 0 aromatic carbocycles. The Kier molecular flexibility index (Phi) is 2.31. The topological polar surface area (TPSA) is 3.24 Å². The highest BCUT2D eigenvalue weighted by molar-refractivity contribution is 8.86. The third-order valence-corrected chi connectivity index (χ3v) is 7.94. The van der Waals surface area contributed by atoms with Gasteiger partial charge in [-0.25, -0.2) is 0 Å². The lowest BCUT2D eigenvalue weighted by Crippen LogP contribution is -1.95. The molecule has 12 heavy (non-hydrogen) atoms. The monoisotopic (exact) mass is 217 g/mol. The summed E-state index contributed by atoms with van der Waals surface area (Å²) in [5.41, 5.74) is 1.48. The zero-order chi connectivity index (χ0) is 8.72. The van der Waals surface area contributed by atoms with Crippen molar-refractivity contribution in [2.75, 3.05) is 13.3 Å². The second-order valence-corrected chi connectivity index (χ2v) is 7.29. The molecule has 0 spiro atoms. The molecule has 66 valence electrons. The number of rotatable bonds is 1. The van der Waals surface area contributed by atoms with Crippen LogP contribution in [-0.4, -0.2) is 22.5 Å². The molecule has 0 aliphatic carbocycles. The molecule has 0 saturated heterocycles. The van der Waals surface area contributed by atoms with Crippen LogP contribution >= 0.6 is 32.3 Å². The lowest BCUT2D eigenvalue weighted by molar-refractivity contribution is 0.787. The van der Waals surface area contributed by atoms with Crippen LogP contribution in [0.2, 0.25) is 0 Å². The van der Waals surface area contributed by atoms with Crippen molar-refractivity contribution in [3.63, 3.8) is 0 Å². The predicted octanol–water partition coefficient (Wildman–Crippen LogP) is 3.06. The Morgan fingerprint density at radius 2 is 2.33 bits per heavy atom. The minimum atomic E-state index is 0.288. The summed E-state index contributed by atoms with van der Waals surface area (Å²) < 4.78 is 3.79. The van der Waals surface area contributed by atoms with Gasteiger partial charge in [0.2, 0.25) is 0 Å². The molecular weight excluding hydrogens is 206 g/mol. The maximum Gasteiger partial charge on any atom is 0.0560 e. The first kappa shape index (κ1) is 8.78. The summed E-state index contributed by atoms with van der Waals surface area (Å²) in [5.74, 6) is 0. The fraction of sp³-hybridized carbons (Fsp3) is 0.375. The van der Waals surface area contributed by atoms with Crippen molar-refractivity contribution in [3.8, 4) is 0 Å². The van der Waals surface area contributed by atoms with Gasteiger partial charge in [0.05, 0.1) is 4.24 Å². The molecule has 0 amide bonds. The molecule has 0 saturated carbocycles. The molecular formula is C8H11NS3. The van der Waals surface area contributed by atoms with Crippen LogP contribution in [0.4, 0.5) is 0 Å². The quantitative estimate of drug-likeness (QED) is 0.491. The Balaban J connectivity index is 2.36. The van der Waals surface area contributed by atoms with E-state index in [9.17, 15) is 0 Å². The number of hydrogen-bond donors (Lipinski definition) is 0. The second kappa shape index (κ2) is 3.16. The highest BCUT2D eigenvalue weighted by Gasteiger charge is 2.24. The third-order valence-electron chi connectivity index (χ3n) is 1.90. The number of hydrogen-bond acceptors (Lipinski definition) is 3. The summed E-state index contributed by atoms with van der Waals surface area (Å²) in [6, 6.07) is 0. The molecule has 2 rings (SSSR count). The van der Waals surface area contributed by atoms with Gasteiger partial charge in [0.15, 0.2) is 0 Å². The predicted molar refractivity (Wildman–Crippen MR) is 63.3 cm³/mol. The number of nitrogens with zero attached hydrogens (tertiary/aromatic N) is 1. The summed E-state index contributed by atoms with van der Waals surface area (Å²) in [4.78, 5) is 1.52. The van der Waals surface area contributed by atoms with Gasteiger partial charge in [-0.05, 0) is 45.3 Å². The summed E-state index contributed by atoms with van der Waals surface area (Å²) in [7, 11) is 4.43. The Labute approximate surface area is 83.7 Å². The molecule has 1 unspecified atom stereocenters. The second-order valence-electron chi connectivity index (χ2n) is 2.68. The average Bonchev–Trinajstić information content (AvgIpc) is 2.55. The zero-order valence-corrected chi connectivity index (χ0v) is 9.78. The fourth-order valence-corrected chi connectivity index (χ4v) is 6.96. The van der Waals surface area contributed by atoms with Crippen LogP contribution in [0.5, 0.6) is 0 Å². The molecule has 0 N–H and O–H groups in total. The molecule has 2 heterocycles. The molecule has 0 fully saturated rings. The van der Waals surface area contributed by atoms with E-state index in [1.54, 1.807) is 0 Å². The van der Waals surface area contributed by atoms with E-state index in [4.69, 9.17) is 0 Å². The Morgan fingerprint density at radius 3 is 2.92 bits per heavy atom. The minimum Gasteiger partial charge on any atom is -0.323 e. The van der Waals surface area contributed by atoms with Gasteiger partial charge in [-0.2, -0.15) is 0 Å². The van der Waals surface area contributed by atoms with Crippen LogP contribution in [0.3, 0.4) is 0 Å². The van der Waals surface area contributed by atoms with Gasteiger partial charge in [0, 0.05) is 18.1 Å². The van der Waals surface area contributed by atoms with E-state index in [0.29, 0.717) is 0 Å². The van der Waals surface area contributed by atoms with E-state index in [2.05, 4.69) is 36.8 Å². The minimum absolute atomic E-state index is 0.288. The maximum atomic E-state index is 2.30. The molecule has 0 radical (unpaired) electrons.